The first-order valence-corrected chi connectivity index (χ1v) is 13.2. The fourth-order valence-electron chi connectivity index (χ4n) is 5.57. The van der Waals surface area contributed by atoms with Gasteiger partial charge >= 0.3 is 0 Å². The quantitative estimate of drug-likeness (QED) is 0.535. The average Bonchev–Trinajstić information content (AvgIpc) is 3.59. The van der Waals surface area contributed by atoms with Gasteiger partial charge in [-0.1, -0.05) is 38.1 Å². The molecule has 0 radical (unpaired) electrons. The second-order valence-corrected chi connectivity index (χ2v) is 10.9. The third kappa shape index (κ3) is 4.35. The minimum absolute atomic E-state index is 0.132. The second-order valence-electron chi connectivity index (χ2n) is 10.9. The van der Waals surface area contributed by atoms with Crippen molar-refractivity contribution in [1.29, 1.82) is 0 Å². The van der Waals surface area contributed by atoms with Crippen LogP contribution in [0.1, 0.15) is 62.0 Å². The first-order chi connectivity index (χ1) is 17.6. The summed E-state index contributed by atoms with van der Waals surface area (Å²) < 4.78 is 1.78. The molecule has 37 heavy (non-hydrogen) atoms. The zero-order valence-corrected chi connectivity index (χ0v) is 22.4. The summed E-state index contributed by atoms with van der Waals surface area (Å²) in [6.07, 6.45) is 4.22. The van der Waals surface area contributed by atoms with Gasteiger partial charge in [0.15, 0.2) is 5.65 Å². The molecule has 196 valence electrons. The van der Waals surface area contributed by atoms with Crippen molar-refractivity contribution < 1.29 is 9.59 Å². The van der Waals surface area contributed by atoms with Crippen molar-refractivity contribution in [1.82, 2.24) is 24.8 Å². The van der Waals surface area contributed by atoms with Crippen LogP contribution in [-0.4, -0.2) is 57.5 Å². The number of amides is 2. The van der Waals surface area contributed by atoms with Gasteiger partial charge < -0.3 is 20.9 Å². The summed E-state index contributed by atoms with van der Waals surface area (Å²) in [5.74, 6) is 0.439. The highest BCUT2D eigenvalue weighted by molar-refractivity contribution is 5.94. The van der Waals surface area contributed by atoms with Gasteiger partial charge in [-0.25, -0.2) is 9.50 Å². The summed E-state index contributed by atoms with van der Waals surface area (Å²) in [7, 11) is 1.79. The van der Waals surface area contributed by atoms with E-state index in [9.17, 15) is 9.59 Å². The molecule has 1 aliphatic carbocycles. The minimum atomic E-state index is -1.09. The summed E-state index contributed by atoms with van der Waals surface area (Å²) in [6, 6.07) is 9.69. The molecule has 2 amide bonds. The maximum atomic E-state index is 14.2. The number of hydrogen-bond acceptors (Lipinski definition) is 6. The van der Waals surface area contributed by atoms with Gasteiger partial charge in [0.1, 0.15) is 11.4 Å². The molecule has 2 aromatic heterocycles. The number of nitrogens with zero attached hydrogens (tertiary/aromatic N) is 5. The van der Waals surface area contributed by atoms with Crippen LogP contribution >= 0.6 is 0 Å². The SMILES string of the molecule is Cc1cn2nc([C@H](C)N(C)C(=O)C3(NC(=O)C(C)C)CCc4ccccc43)cc2nc1N1CC[C@H](N)C1. The van der Waals surface area contributed by atoms with Crippen LogP contribution < -0.4 is 16.0 Å². The van der Waals surface area contributed by atoms with Gasteiger partial charge in [0.25, 0.3) is 5.91 Å². The van der Waals surface area contributed by atoms with Crippen LogP contribution in [0.3, 0.4) is 0 Å². The van der Waals surface area contributed by atoms with Crippen LogP contribution in [0.4, 0.5) is 5.82 Å². The molecule has 0 bridgehead atoms. The zero-order valence-electron chi connectivity index (χ0n) is 22.4. The first kappa shape index (κ1) is 25.2. The van der Waals surface area contributed by atoms with Crippen LogP contribution in [0.15, 0.2) is 36.5 Å². The Labute approximate surface area is 218 Å². The van der Waals surface area contributed by atoms with Crippen LogP contribution in [0.5, 0.6) is 0 Å². The maximum Gasteiger partial charge on any atom is 0.253 e. The molecule has 0 spiro atoms. The van der Waals surface area contributed by atoms with E-state index in [0.29, 0.717) is 6.42 Å². The van der Waals surface area contributed by atoms with Crippen LogP contribution in [0, 0.1) is 12.8 Å². The number of nitrogens with one attached hydrogen (secondary N) is 1. The molecule has 5 rings (SSSR count). The highest BCUT2D eigenvalue weighted by Crippen LogP contribution is 2.40. The number of fused-ring (bicyclic) bond motifs is 2. The zero-order chi connectivity index (χ0) is 26.5. The number of carbonyl (C=O) groups is 2. The van der Waals surface area contributed by atoms with Crippen molar-refractivity contribution in [3.8, 4) is 0 Å². The number of aromatic nitrogens is 3. The van der Waals surface area contributed by atoms with E-state index < -0.39 is 5.54 Å². The molecule has 9 nitrogen and oxygen atoms in total. The van der Waals surface area contributed by atoms with E-state index >= 15 is 0 Å². The Kier molecular flexibility index (Phi) is 6.43. The van der Waals surface area contributed by atoms with E-state index in [1.54, 1.807) is 16.5 Å². The Hall–Kier alpha value is -3.46. The fourth-order valence-corrected chi connectivity index (χ4v) is 5.57. The monoisotopic (exact) mass is 503 g/mol. The summed E-state index contributed by atoms with van der Waals surface area (Å²) in [5.41, 5.74) is 9.53. The number of rotatable bonds is 6. The van der Waals surface area contributed by atoms with Gasteiger partial charge in [0.05, 0.1) is 11.7 Å². The van der Waals surface area contributed by atoms with Crippen molar-refractivity contribution in [3.63, 3.8) is 0 Å². The standard InChI is InChI=1S/C28H37N7O2/c1-17(2)26(36)31-28(12-10-20-8-6-7-9-22(20)28)27(37)33(5)19(4)23-14-24-30-25(18(3)15-35(24)32-23)34-13-11-21(29)16-34/h6-9,14-15,17,19,21H,10-13,16,29H2,1-5H3,(H,31,36)/t19-,21-,28?/m0/s1. The lowest BCUT2D eigenvalue weighted by atomic mass is 9.88. The van der Waals surface area contributed by atoms with Crippen LogP contribution in [0.2, 0.25) is 0 Å². The van der Waals surface area contributed by atoms with E-state index in [1.807, 2.05) is 64.2 Å². The molecule has 3 atom stereocenters. The van der Waals surface area contributed by atoms with Crippen molar-refractivity contribution in [2.45, 2.75) is 64.6 Å². The van der Waals surface area contributed by atoms with Crippen molar-refractivity contribution in [2.24, 2.45) is 11.7 Å². The second kappa shape index (κ2) is 9.45. The Morgan fingerprint density at radius 3 is 2.70 bits per heavy atom. The fraction of sp³-hybridized carbons (Fsp3) is 0.500. The highest BCUT2D eigenvalue weighted by Gasteiger charge is 2.49. The Morgan fingerprint density at radius 2 is 2.00 bits per heavy atom. The molecular weight excluding hydrogens is 466 g/mol. The Bertz CT molecular complexity index is 1350. The van der Waals surface area contributed by atoms with Gasteiger partial charge in [0.2, 0.25) is 5.91 Å². The van der Waals surface area contributed by atoms with E-state index in [0.717, 1.165) is 59.8 Å². The first-order valence-electron chi connectivity index (χ1n) is 13.2. The summed E-state index contributed by atoms with van der Waals surface area (Å²) in [5, 5.41) is 7.90. The largest absolute Gasteiger partial charge is 0.355 e. The molecule has 3 N–H and O–H groups in total. The van der Waals surface area contributed by atoms with E-state index in [1.165, 1.54) is 0 Å². The van der Waals surface area contributed by atoms with Gasteiger partial charge in [-0.15, -0.1) is 0 Å². The van der Waals surface area contributed by atoms with Gasteiger partial charge in [-0.05, 0) is 44.2 Å². The molecule has 1 saturated heterocycles. The molecule has 3 heterocycles. The lowest BCUT2D eigenvalue weighted by Gasteiger charge is -2.37. The number of carbonyl (C=O) groups excluding carboxylic acids is 2. The topological polar surface area (TPSA) is 109 Å². The van der Waals surface area contributed by atoms with E-state index in [-0.39, 0.29) is 29.8 Å². The lowest BCUT2D eigenvalue weighted by Crippen LogP contribution is -2.56. The lowest BCUT2D eigenvalue weighted by molar-refractivity contribution is -0.143. The molecule has 1 fully saturated rings. The predicted octanol–water partition coefficient (Wildman–Crippen LogP) is 2.71. The Balaban J connectivity index is 1.46. The molecular formula is C28H37N7O2. The third-order valence-corrected chi connectivity index (χ3v) is 7.95. The molecule has 3 aromatic rings. The number of aryl methyl sites for hydroxylation is 2. The smallest absolute Gasteiger partial charge is 0.253 e. The summed E-state index contributed by atoms with van der Waals surface area (Å²) in [4.78, 5) is 35.9. The van der Waals surface area contributed by atoms with Crippen LogP contribution in [0.25, 0.3) is 5.65 Å². The van der Waals surface area contributed by atoms with E-state index in [4.69, 9.17) is 15.8 Å². The molecule has 2 aliphatic rings. The van der Waals surface area contributed by atoms with Gasteiger partial charge in [0, 0.05) is 49.9 Å². The average molecular weight is 504 g/mol. The van der Waals surface area contributed by atoms with E-state index in [2.05, 4.69) is 10.2 Å². The normalized spacial score (nSPS) is 21.9. The van der Waals surface area contributed by atoms with Gasteiger partial charge in [-0.3, -0.25) is 9.59 Å². The van der Waals surface area contributed by atoms with Crippen molar-refractivity contribution >= 4 is 23.3 Å². The summed E-state index contributed by atoms with van der Waals surface area (Å²) in [6.45, 7) is 9.37. The molecule has 1 unspecified atom stereocenters. The van der Waals surface area contributed by atoms with Crippen molar-refractivity contribution in [2.75, 3.05) is 25.0 Å². The number of anilines is 1. The summed E-state index contributed by atoms with van der Waals surface area (Å²) >= 11 is 0. The van der Waals surface area contributed by atoms with Crippen molar-refractivity contribution in [3.05, 3.63) is 58.9 Å². The Morgan fingerprint density at radius 1 is 1.24 bits per heavy atom. The number of benzene rings is 1. The molecule has 9 heteroatoms. The van der Waals surface area contributed by atoms with Crippen LogP contribution in [-0.2, 0) is 21.5 Å². The molecule has 1 aromatic carbocycles. The number of nitrogens with two attached hydrogens (primary N) is 1. The molecule has 0 saturated carbocycles. The third-order valence-electron chi connectivity index (χ3n) is 7.95. The number of likely N-dealkylation sites (N-methyl/N-ethyl adjacent to an activating group) is 1. The molecule has 1 aliphatic heterocycles. The predicted molar refractivity (Wildman–Crippen MR) is 143 cm³/mol. The number of hydrogen-bond donors (Lipinski definition) is 2. The van der Waals surface area contributed by atoms with Gasteiger partial charge in [-0.2, -0.15) is 5.10 Å². The maximum absolute atomic E-state index is 14.2. The highest BCUT2D eigenvalue weighted by atomic mass is 16.2. The minimum Gasteiger partial charge on any atom is -0.355 e.